The molecule has 0 saturated heterocycles. The van der Waals surface area contributed by atoms with Crippen molar-refractivity contribution in [3.8, 4) is 0 Å². The van der Waals surface area contributed by atoms with E-state index in [1.54, 1.807) is 0 Å². The normalized spacial score (nSPS) is 28.2. The van der Waals surface area contributed by atoms with Crippen LogP contribution in [0.3, 0.4) is 0 Å². The molecular formula is C16H25NO. The van der Waals surface area contributed by atoms with E-state index in [0.29, 0.717) is 18.1 Å². The van der Waals surface area contributed by atoms with Gasteiger partial charge in [0.25, 0.3) is 0 Å². The molecule has 0 heterocycles. The predicted octanol–water partition coefficient (Wildman–Crippen LogP) is 3.34. The number of hydrogen-bond acceptors (Lipinski definition) is 2. The zero-order valence-electron chi connectivity index (χ0n) is 11.6. The molecule has 0 amide bonds. The zero-order valence-corrected chi connectivity index (χ0v) is 11.6. The molecule has 1 aliphatic carbocycles. The quantitative estimate of drug-likeness (QED) is 0.861. The van der Waals surface area contributed by atoms with Crippen LogP contribution in [0, 0.1) is 0 Å². The van der Waals surface area contributed by atoms with Crippen LogP contribution < -0.4 is 5.32 Å². The van der Waals surface area contributed by atoms with Crippen molar-refractivity contribution < 1.29 is 4.74 Å². The van der Waals surface area contributed by atoms with Gasteiger partial charge in [0.15, 0.2) is 0 Å². The summed E-state index contributed by atoms with van der Waals surface area (Å²) in [5, 5.41) is 3.57. The number of hydrogen-bond donors (Lipinski definition) is 1. The van der Waals surface area contributed by atoms with Crippen LogP contribution in [0.2, 0.25) is 0 Å². The molecule has 1 aromatic carbocycles. The SMILES string of the molecule is CCNC1CCC(c2ccccc2)CC1OCC. The van der Waals surface area contributed by atoms with Crippen molar-refractivity contribution in [1.29, 1.82) is 0 Å². The highest BCUT2D eigenvalue weighted by Gasteiger charge is 2.30. The van der Waals surface area contributed by atoms with Crippen molar-refractivity contribution >= 4 is 0 Å². The van der Waals surface area contributed by atoms with Gasteiger partial charge in [0.05, 0.1) is 6.10 Å². The molecule has 0 aliphatic heterocycles. The van der Waals surface area contributed by atoms with Gasteiger partial charge in [-0.05, 0) is 44.2 Å². The Balaban J connectivity index is 2.01. The highest BCUT2D eigenvalue weighted by atomic mass is 16.5. The maximum Gasteiger partial charge on any atom is 0.0733 e. The Labute approximate surface area is 111 Å². The van der Waals surface area contributed by atoms with Crippen molar-refractivity contribution in [2.75, 3.05) is 13.2 Å². The second-order valence-electron chi connectivity index (χ2n) is 5.08. The lowest BCUT2D eigenvalue weighted by molar-refractivity contribution is 0.00688. The van der Waals surface area contributed by atoms with Crippen LogP contribution in [0.1, 0.15) is 44.6 Å². The molecule has 0 bridgehead atoms. The standard InChI is InChI=1S/C16H25NO/c1-3-17-15-11-10-14(12-16(15)18-4-2)13-8-6-5-7-9-13/h5-9,14-17H,3-4,10-12H2,1-2H3. The third kappa shape index (κ3) is 3.33. The summed E-state index contributed by atoms with van der Waals surface area (Å²) in [6.45, 7) is 6.11. The van der Waals surface area contributed by atoms with Gasteiger partial charge in [0, 0.05) is 12.6 Å². The first-order valence-corrected chi connectivity index (χ1v) is 7.25. The Bertz CT molecular complexity index is 338. The molecule has 1 fully saturated rings. The fourth-order valence-corrected chi connectivity index (χ4v) is 3.05. The van der Waals surface area contributed by atoms with Crippen LogP contribution >= 0.6 is 0 Å². The van der Waals surface area contributed by atoms with Gasteiger partial charge in [-0.2, -0.15) is 0 Å². The van der Waals surface area contributed by atoms with Crippen molar-refractivity contribution in [3.05, 3.63) is 35.9 Å². The third-order valence-electron chi connectivity index (χ3n) is 3.91. The minimum atomic E-state index is 0.369. The Morgan fingerprint density at radius 3 is 2.61 bits per heavy atom. The monoisotopic (exact) mass is 247 g/mol. The Hall–Kier alpha value is -0.860. The zero-order chi connectivity index (χ0) is 12.8. The summed E-state index contributed by atoms with van der Waals surface area (Å²) < 4.78 is 5.94. The minimum Gasteiger partial charge on any atom is -0.377 e. The molecule has 2 heteroatoms. The van der Waals surface area contributed by atoms with E-state index in [0.717, 1.165) is 19.6 Å². The molecule has 3 unspecified atom stereocenters. The number of nitrogens with one attached hydrogen (secondary N) is 1. The topological polar surface area (TPSA) is 21.3 Å². The average molecular weight is 247 g/mol. The van der Waals surface area contributed by atoms with E-state index in [-0.39, 0.29) is 0 Å². The van der Waals surface area contributed by atoms with Crippen molar-refractivity contribution in [2.24, 2.45) is 0 Å². The Kier molecular flexibility index (Phi) is 5.21. The number of benzene rings is 1. The first kappa shape index (κ1) is 13.6. The van der Waals surface area contributed by atoms with Crippen molar-refractivity contribution in [1.82, 2.24) is 5.32 Å². The molecule has 18 heavy (non-hydrogen) atoms. The number of likely N-dealkylation sites (N-methyl/N-ethyl adjacent to an activating group) is 1. The Morgan fingerprint density at radius 1 is 1.17 bits per heavy atom. The smallest absolute Gasteiger partial charge is 0.0733 e. The summed E-state index contributed by atoms with van der Waals surface area (Å²) in [7, 11) is 0. The van der Waals surface area contributed by atoms with Gasteiger partial charge in [0.1, 0.15) is 0 Å². The summed E-state index contributed by atoms with van der Waals surface area (Å²) in [6.07, 6.45) is 4.01. The molecule has 1 aromatic rings. The van der Waals surface area contributed by atoms with Gasteiger partial charge in [-0.1, -0.05) is 37.3 Å². The van der Waals surface area contributed by atoms with Gasteiger partial charge in [-0.3, -0.25) is 0 Å². The fraction of sp³-hybridized carbons (Fsp3) is 0.625. The first-order valence-electron chi connectivity index (χ1n) is 7.25. The maximum absolute atomic E-state index is 5.94. The lowest BCUT2D eigenvalue weighted by Gasteiger charge is -2.36. The second kappa shape index (κ2) is 6.91. The summed E-state index contributed by atoms with van der Waals surface area (Å²) in [5.41, 5.74) is 1.47. The van der Waals surface area contributed by atoms with Gasteiger partial charge >= 0.3 is 0 Å². The second-order valence-corrected chi connectivity index (χ2v) is 5.08. The van der Waals surface area contributed by atoms with Crippen LogP contribution in [0.5, 0.6) is 0 Å². The van der Waals surface area contributed by atoms with Crippen LogP contribution in [0.15, 0.2) is 30.3 Å². The summed E-state index contributed by atoms with van der Waals surface area (Å²) in [6, 6.07) is 11.4. The van der Waals surface area contributed by atoms with E-state index in [1.165, 1.54) is 18.4 Å². The molecule has 1 saturated carbocycles. The predicted molar refractivity (Wildman–Crippen MR) is 75.9 cm³/mol. The molecule has 1 aliphatic rings. The molecular weight excluding hydrogens is 222 g/mol. The minimum absolute atomic E-state index is 0.369. The lowest BCUT2D eigenvalue weighted by atomic mass is 9.80. The molecule has 2 rings (SSSR count). The van der Waals surface area contributed by atoms with E-state index in [2.05, 4.69) is 49.5 Å². The molecule has 0 aromatic heterocycles. The van der Waals surface area contributed by atoms with E-state index >= 15 is 0 Å². The highest BCUT2D eigenvalue weighted by Crippen LogP contribution is 2.34. The lowest BCUT2D eigenvalue weighted by Crippen LogP contribution is -2.45. The van der Waals surface area contributed by atoms with Gasteiger partial charge < -0.3 is 10.1 Å². The van der Waals surface area contributed by atoms with E-state index in [1.807, 2.05) is 0 Å². The molecule has 1 N–H and O–H groups in total. The van der Waals surface area contributed by atoms with Crippen LogP contribution in [-0.2, 0) is 4.74 Å². The van der Waals surface area contributed by atoms with Crippen LogP contribution in [0.25, 0.3) is 0 Å². The summed E-state index contributed by atoms with van der Waals surface area (Å²) in [5.74, 6) is 0.664. The first-order chi connectivity index (χ1) is 8.85. The number of ether oxygens (including phenoxy) is 1. The van der Waals surface area contributed by atoms with E-state index in [4.69, 9.17) is 4.74 Å². The molecule has 2 nitrogen and oxygen atoms in total. The van der Waals surface area contributed by atoms with Gasteiger partial charge in [-0.15, -0.1) is 0 Å². The maximum atomic E-state index is 5.94. The largest absolute Gasteiger partial charge is 0.377 e. The van der Waals surface area contributed by atoms with Crippen LogP contribution in [-0.4, -0.2) is 25.3 Å². The van der Waals surface area contributed by atoms with Gasteiger partial charge in [0.2, 0.25) is 0 Å². The highest BCUT2D eigenvalue weighted by molar-refractivity contribution is 5.20. The van der Waals surface area contributed by atoms with Crippen molar-refractivity contribution in [2.45, 2.75) is 51.2 Å². The fourth-order valence-electron chi connectivity index (χ4n) is 3.05. The van der Waals surface area contributed by atoms with Crippen molar-refractivity contribution in [3.63, 3.8) is 0 Å². The molecule has 3 atom stereocenters. The molecule has 0 radical (unpaired) electrons. The molecule has 0 spiro atoms. The third-order valence-corrected chi connectivity index (χ3v) is 3.91. The number of rotatable bonds is 5. The summed E-state index contributed by atoms with van der Waals surface area (Å²) >= 11 is 0. The van der Waals surface area contributed by atoms with E-state index in [9.17, 15) is 0 Å². The van der Waals surface area contributed by atoms with Crippen LogP contribution in [0.4, 0.5) is 0 Å². The Morgan fingerprint density at radius 2 is 1.94 bits per heavy atom. The van der Waals surface area contributed by atoms with E-state index < -0.39 is 0 Å². The van der Waals surface area contributed by atoms with Gasteiger partial charge in [-0.25, -0.2) is 0 Å². The summed E-state index contributed by atoms with van der Waals surface area (Å²) in [4.78, 5) is 0. The average Bonchev–Trinajstić information content (AvgIpc) is 2.42. The molecule has 100 valence electrons.